The van der Waals surface area contributed by atoms with Crippen molar-refractivity contribution >= 4 is 35.2 Å². The Morgan fingerprint density at radius 3 is 2.29 bits per heavy atom. The average molecular weight is 520 g/mol. The molecule has 0 bridgehead atoms. The van der Waals surface area contributed by atoms with Crippen LogP contribution in [0.15, 0.2) is 36.4 Å². The number of esters is 3. The van der Waals surface area contributed by atoms with Crippen LogP contribution in [0.2, 0.25) is 5.02 Å². The first-order valence-electron chi connectivity index (χ1n) is 9.59. The molecule has 1 atom stereocenters. The number of carbonyl (C=O) groups excluding carboxylic acids is 3. The van der Waals surface area contributed by atoms with Crippen molar-refractivity contribution in [1.82, 2.24) is 0 Å². The molecule has 0 aliphatic rings. The summed E-state index contributed by atoms with van der Waals surface area (Å²) >= 11 is 5.84. The van der Waals surface area contributed by atoms with Gasteiger partial charge in [0.25, 0.3) is 5.69 Å². The van der Waals surface area contributed by atoms with Crippen LogP contribution in [0.1, 0.15) is 22.8 Å². The maximum Gasteiger partial charge on any atom is 0.416 e. The number of hydrogen-bond acceptors (Lipinski definition) is 9. The number of carbonyl (C=O) groups is 3. The summed E-state index contributed by atoms with van der Waals surface area (Å²) in [6.45, 7) is 0.306. The van der Waals surface area contributed by atoms with Gasteiger partial charge in [0, 0.05) is 12.1 Å². The molecule has 0 fully saturated rings. The zero-order valence-electron chi connectivity index (χ0n) is 18.1. The van der Waals surface area contributed by atoms with Gasteiger partial charge in [-0.1, -0.05) is 11.6 Å². The predicted octanol–water partition coefficient (Wildman–Crippen LogP) is 4.57. The highest BCUT2D eigenvalue weighted by atomic mass is 35.5. The molecule has 0 aromatic heterocycles. The van der Waals surface area contributed by atoms with Crippen LogP contribution < -0.4 is 4.74 Å². The summed E-state index contributed by atoms with van der Waals surface area (Å²) in [5, 5.41) is 10.9. The quantitative estimate of drug-likeness (QED) is 0.117. The molecule has 0 amide bonds. The summed E-state index contributed by atoms with van der Waals surface area (Å²) < 4.78 is 57.8. The van der Waals surface area contributed by atoms with Crippen molar-refractivity contribution in [3.05, 3.63) is 62.7 Å². The minimum Gasteiger partial charge on any atom is -0.468 e. The van der Waals surface area contributed by atoms with Crippen molar-refractivity contribution in [2.24, 2.45) is 5.92 Å². The molecule has 14 heteroatoms. The van der Waals surface area contributed by atoms with Crippen LogP contribution in [0, 0.1) is 16.0 Å². The standard InChI is InChI=1S/C21H17ClF3NO9/c1-11(18(27)32-2)19(28)33-7-8-34-20(29)14-10-13(4-5-16(14)26(30)31)35-17-6-3-12(9-15(17)22)21(23,24)25/h3-6,9-11H,7-8H2,1-2H3. The molecule has 0 saturated heterocycles. The fourth-order valence-electron chi connectivity index (χ4n) is 2.54. The van der Waals surface area contributed by atoms with E-state index in [0.29, 0.717) is 6.07 Å². The van der Waals surface area contributed by atoms with Gasteiger partial charge in [-0.05, 0) is 31.2 Å². The SMILES string of the molecule is COC(=O)C(C)C(=O)OCCOC(=O)c1cc(Oc2ccc(C(F)(F)F)cc2Cl)ccc1[N+](=O)[O-]. The molecular formula is C21H17ClF3NO9. The maximum atomic E-state index is 12.8. The van der Waals surface area contributed by atoms with Crippen molar-refractivity contribution in [2.45, 2.75) is 13.1 Å². The summed E-state index contributed by atoms with van der Waals surface area (Å²) in [6, 6.07) is 5.30. The highest BCUT2D eigenvalue weighted by molar-refractivity contribution is 6.32. The minimum atomic E-state index is -4.63. The first-order chi connectivity index (χ1) is 16.3. The number of halogens is 4. The van der Waals surface area contributed by atoms with Crippen molar-refractivity contribution < 1.29 is 51.4 Å². The maximum absolute atomic E-state index is 12.8. The third-order valence-corrected chi connectivity index (χ3v) is 4.64. The first kappa shape index (κ1) is 27.4. The van der Waals surface area contributed by atoms with E-state index in [1.165, 1.54) is 6.92 Å². The van der Waals surface area contributed by atoms with Gasteiger partial charge >= 0.3 is 24.1 Å². The lowest BCUT2D eigenvalue weighted by molar-refractivity contribution is -0.385. The van der Waals surface area contributed by atoms with Crippen LogP contribution in [-0.4, -0.2) is 43.2 Å². The summed E-state index contributed by atoms with van der Waals surface area (Å²) in [5.74, 6) is -4.47. The lowest BCUT2D eigenvalue weighted by atomic mass is 10.1. The van der Waals surface area contributed by atoms with Crippen LogP contribution in [0.5, 0.6) is 11.5 Å². The second kappa shape index (κ2) is 11.5. The Morgan fingerprint density at radius 1 is 1.06 bits per heavy atom. The molecule has 0 N–H and O–H groups in total. The summed E-state index contributed by atoms with van der Waals surface area (Å²) in [7, 11) is 1.09. The Morgan fingerprint density at radius 2 is 1.71 bits per heavy atom. The number of nitro benzene ring substituents is 1. The van der Waals surface area contributed by atoms with E-state index in [0.717, 1.165) is 37.4 Å². The second-order valence-corrected chi connectivity index (χ2v) is 7.14. The number of rotatable bonds is 9. The number of ether oxygens (including phenoxy) is 4. The Kier molecular flexibility index (Phi) is 9.00. The van der Waals surface area contributed by atoms with Gasteiger partial charge in [0.05, 0.1) is 22.6 Å². The number of hydrogen-bond donors (Lipinski definition) is 0. The van der Waals surface area contributed by atoms with Crippen molar-refractivity contribution in [3.8, 4) is 11.5 Å². The topological polar surface area (TPSA) is 131 Å². The van der Waals surface area contributed by atoms with Gasteiger partial charge in [-0.25, -0.2) is 4.79 Å². The van der Waals surface area contributed by atoms with Gasteiger partial charge in [0.1, 0.15) is 30.3 Å². The lowest BCUT2D eigenvalue weighted by Gasteiger charge is -2.12. The third-order valence-electron chi connectivity index (χ3n) is 4.34. The number of methoxy groups -OCH3 is 1. The monoisotopic (exact) mass is 519 g/mol. The zero-order chi connectivity index (χ0) is 26.3. The van der Waals surface area contributed by atoms with Crippen LogP contribution in [0.25, 0.3) is 0 Å². The second-order valence-electron chi connectivity index (χ2n) is 6.73. The van der Waals surface area contributed by atoms with Gasteiger partial charge in [0.15, 0.2) is 5.92 Å². The van der Waals surface area contributed by atoms with Crippen molar-refractivity contribution in [2.75, 3.05) is 20.3 Å². The molecule has 188 valence electrons. The Hall–Kier alpha value is -3.87. The van der Waals surface area contributed by atoms with E-state index < -0.39 is 65.0 Å². The molecule has 2 rings (SSSR count). The minimum absolute atomic E-state index is 0.150. The molecule has 2 aromatic rings. The number of alkyl halides is 3. The number of nitrogens with zero attached hydrogens (tertiary/aromatic N) is 1. The molecular weight excluding hydrogens is 503 g/mol. The van der Waals surface area contributed by atoms with E-state index in [4.69, 9.17) is 25.8 Å². The highest BCUT2D eigenvalue weighted by Crippen LogP contribution is 2.37. The largest absolute Gasteiger partial charge is 0.468 e. The number of benzene rings is 2. The van der Waals surface area contributed by atoms with Crippen LogP contribution >= 0.6 is 11.6 Å². The van der Waals surface area contributed by atoms with E-state index in [9.17, 15) is 37.7 Å². The average Bonchev–Trinajstić information content (AvgIpc) is 2.80. The summed E-state index contributed by atoms with van der Waals surface area (Å²) in [6.07, 6.45) is -4.63. The van der Waals surface area contributed by atoms with E-state index in [-0.39, 0.29) is 16.5 Å². The molecule has 35 heavy (non-hydrogen) atoms. The normalized spacial score (nSPS) is 11.8. The highest BCUT2D eigenvalue weighted by Gasteiger charge is 2.31. The molecule has 0 aliphatic carbocycles. The van der Waals surface area contributed by atoms with Gasteiger partial charge in [-0.15, -0.1) is 0 Å². The molecule has 0 aliphatic heterocycles. The molecule has 0 saturated carbocycles. The Labute approximate surface area is 200 Å². The molecule has 1 unspecified atom stereocenters. The fourth-order valence-corrected chi connectivity index (χ4v) is 2.76. The van der Waals surface area contributed by atoms with Gasteiger partial charge in [-0.2, -0.15) is 13.2 Å². The van der Waals surface area contributed by atoms with E-state index >= 15 is 0 Å². The van der Waals surface area contributed by atoms with Crippen molar-refractivity contribution in [3.63, 3.8) is 0 Å². The first-order valence-corrected chi connectivity index (χ1v) is 9.97. The third kappa shape index (κ3) is 7.30. The van der Waals surface area contributed by atoms with E-state index in [1.54, 1.807) is 0 Å². The van der Waals surface area contributed by atoms with E-state index in [1.807, 2.05) is 0 Å². The molecule has 0 heterocycles. The molecule has 0 spiro atoms. The molecule has 2 aromatic carbocycles. The Balaban J connectivity index is 2.12. The zero-order valence-corrected chi connectivity index (χ0v) is 18.8. The fraction of sp³-hybridized carbons (Fsp3) is 0.286. The molecule has 10 nitrogen and oxygen atoms in total. The Bertz CT molecular complexity index is 1140. The van der Waals surface area contributed by atoms with Gasteiger partial charge in [-0.3, -0.25) is 19.7 Å². The predicted molar refractivity (Wildman–Crippen MR) is 112 cm³/mol. The van der Waals surface area contributed by atoms with Gasteiger partial charge < -0.3 is 18.9 Å². The van der Waals surface area contributed by atoms with Crippen LogP contribution in [0.4, 0.5) is 18.9 Å². The summed E-state index contributed by atoms with van der Waals surface area (Å²) in [4.78, 5) is 45.8. The van der Waals surface area contributed by atoms with Crippen LogP contribution in [0.3, 0.4) is 0 Å². The van der Waals surface area contributed by atoms with E-state index in [2.05, 4.69) is 4.74 Å². The molecule has 0 radical (unpaired) electrons. The smallest absolute Gasteiger partial charge is 0.416 e. The van der Waals surface area contributed by atoms with Crippen LogP contribution in [-0.2, 0) is 30.0 Å². The van der Waals surface area contributed by atoms with Crippen molar-refractivity contribution in [1.29, 1.82) is 0 Å². The summed E-state index contributed by atoms with van der Waals surface area (Å²) in [5.41, 5.74) is -2.19. The lowest BCUT2D eigenvalue weighted by Crippen LogP contribution is -2.25. The van der Waals surface area contributed by atoms with Gasteiger partial charge in [0.2, 0.25) is 0 Å². The number of nitro groups is 1.